The second kappa shape index (κ2) is 2.66. The molecule has 0 saturated heterocycles. The summed E-state index contributed by atoms with van der Waals surface area (Å²) in [7, 11) is 0. The zero-order valence-corrected chi connectivity index (χ0v) is 3.42. The first-order valence-electron chi connectivity index (χ1n) is 1.54. The van der Waals surface area contributed by atoms with E-state index in [4.69, 9.17) is 0 Å². The topological polar surface area (TPSA) is 0 Å². The van der Waals surface area contributed by atoms with Crippen molar-refractivity contribution in [3.05, 3.63) is 19.1 Å². The Hall–Kier alpha value is -0.470. The summed E-state index contributed by atoms with van der Waals surface area (Å²) in [6, 6.07) is 0. The Morgan fingerprint density at radius 2 is 2.14 bits per heavy atom. The molecule has 0 bridgehead atoms. The van der Waals surface area contributed by atoms with Crippen molar-refractivity contribution in [2.24, 2.45) is 0 Å². The summed E-state index contributed by atoms with van der Waals surface area (Å²) >= 11 is 0. The maximum absolute atomic E-state index is 11.3. The molecule has 7 heavy (non-hydrogen) atoms. The molecular formula is C4H3F3. The van der Waals surface area contributed by atoms with Crippen LogP contribution in [0, 0.1) is 13.3 Å². The van der Waals surface area contributed by atoms with E-state index in [1.54, 1.807) is 0 Å². The summed E-state index contributed by atoms with van der Waals surface area (Å²) in [6.45, 7) is 2.53. The van der Waals surface area contributed by atoms with E-state index in [1.807, 2.05) is 0 Å². The summed E-state index contributed by atoms with van der Waals surface area (Å²) in [5.41, 5.74) is 0. The van der Waals surface area contributed by atoms with Gasteiger partial charge in [0.2, 0.25) is 0 Å². The molecule has 0 N–H and O–H groups in total. The van der Waals surface area contributed by atoms with E-state index < -0.39 is 12.0 Å². The Kier molecular flexibility index (Phi) is 2.48. The average Bonchev–Trinajstić information content (AvgIpc) is 1.65. The van der Waals surface area contributed by atoms with Crippen LogP contribution in [0.25, 0.3) is 0 Å². The lowest BCUT2D eigenvalue weighted by Gasteiger charge is -1.88. The van der Waals surface area contributed by atoms with Gasteiger partial charge in [-0.05, 0) is 6.92 Å². The summed E-state index contributed by atoms with van der Waals surface area (Å²) in [5.74, 6) is -1.60. The van der Waals surface area contributed by atoms with Crippen molar-refractivity contribution in [2.75, 3.05) is 0 Å². The van der Waals surface area contributed by atoms with E-state index in [1.165, 1.54) is 0 Å². The van der Waals surface area contributed by atoms with Gasteiger partial charge in [-0.15, -0.1) is 0 Å². The van der Waals surface area contributed by atoms with Crippen LogP contribution in [-0.4, -0.2) is 6.17 Å². The van der Waals surface area contributed by atoms with Crippen molar-refractivity contribution >= 4 is 0 Å². The molecule has 0 aromatic heterocycles. The van der Waals surface area contributed by atoms with E-state index in [9.17, 15) is 13.2 Å². The zero-order chi connectivity index (χ0) is 5.86. The van der Waals surface area contributed by atoms with Crippen LogP contribution < -0.4 is 0 Å². The molecule has 0 aliphatic heterocycles. The normalized spacial score (nSPS) is 16.9. The van der Waals surface area contributed by atoms with Gasteiger partial charge in [-0.25, -0.2) is 13.2 Å². The first-order valence-corrected chi connectivity index (χ1v) is 1.54. The van der Waals surface area contributed by atoms with Gasteiger partial charge >= 0.3 is 0 Å². The van der Waals surface area contributed by atoms with E-state index in [0.29, 0.717) is 6.33 Å². The number of halogens is 3. The molecule has 1 atom stereocenters. The highest BCUT2D eigenvalue weighted by Gasteiger charge is 2.04. The molecule has 2 radical (unpaired) electrons. The highest BCUT2D eigenvalue weighted by atomic mass is 19.2. The van der Waals surface area contributed by atoms with E-state index in [2.05, 4.69) is 6.92 Å². The second-order valence-electron chi connectivity index (χ2n) is 0.910. The van der Waals surface area contributed by atoms with Gasteiger partial charge in [0.25, 0.3) is 0 Å². The fourth-order valence-electron chi connectivity index (χ4n) is 0.0592. The number of rotatable bonds is 1. The van der Waals surface area contributed by atoms with Gasteiger partial charge in [0.05, 0.1) is 0 Å². The van der Waals surface area contributed by atoms with Gasteiger partial charge in [-0.3, -0.25) is 0 Å². The number of alkyl halides is 1. The Bertz CT molecular complexity index is 75.0. The molecule has 0 aromatic rings. The first kappa shape index (κ1) is 6.53. The monoisotopic (exact) mass is 108 g/mol. The van der Waals surface area contributed by atoms with Gasteiger partial charge in [0.15, 0.2) is 18.3 Å². The van der Waals surface area contributed by atoms with Crippen LogP contribution in [0.2, 0.25) is 0 Å². The van der Waals surface area contributed by atoms with Crippen molar-refractivity contribution in [1.29, 1.82) is 0 Å². The second-order valence-corrected chi connectivity index (χ2v) is 0.910. The standard InChI is InChI=1S/C4H3F3/c1-3(6)4(7)2-5/h3H,1H2. The quantitative estimate of drug-likeness (QED) is 0.480. The number of hydrogen-bond acceptors (Lipinski definition) is 0. The van der Waals surface area contributed by atoms with Crippen LogP contribution >= 0.6 is 0 Å². The molecule has 0 aliphatic carbocycles. The number of hydrogen-bond donors (Lipinski definition) is 0. The lowest BCUT2D eigenvalue weighted by Crippen LogP contribution is -1.90. The van der Waals surface area contributed by atoms with Gasteiger partial charge in [-0.1, -0.05) is 0 Å². The van der Waals surface area contributed by atoms with Crippen LogP contribution in [-0.2, 0) is 0 Å². The average molecular weight is 108 g/mol. The highest BCUT2D eigenvalue weighted by molar-refractivity contribution is 4.90. The third-order valence-corrected chi connectivity index (χ3v) is 0.365. The predicted molar refractivity (Wildman–Crippen MR) is 19.2 cm³/mol. The SMILES string of the molecule is [CH2]C(F)/C(F)=[C]/F. The smallest absolute Gasteiger partial charge is 0.196 e. The maximum Gasteiger partial charge on any atom is 0.196 e. The third-order valence-electron chi connectivity index (χ3n) is 0.365. The zero-order valence-electron chi connectivity index (χ0n) is 3.42. The van der Waals surface area contributed by atoms with E-state index >= 15 is 0 Å². The van der Waals surface area contributed by atoms with Crippen LogP contribution in [0.4, 0.5) is 13.2 Å². The lowest BCUT2D eigenvalue weighted by atomic mass is 10.4. The highest BCUT2D eigenvalue weighted by Crippen LogP contribution is 2.04. The van der Waals surface area contributed by atoms with Crippen molar-refractivity contribution < 1.29 is 13.2 Å². The van der Waals surface area contributed by atoms with Crippen LogP contribution in [0.15, 0.2) is 5.83 Å². The third kappa shape index (κ3) is 2.25. The molecule has 0 saturated carbocycles. The Balaban J connectivity index is 3.56. The van der Waals surface area contributed by atoms with Crippen LogP contribution in [0.5, 0.6) is 0 Å². The van der Waals surface area contributed by atoms with Crippen molar-refractivity contribution in [1.82, 2.24) is 0 Å². The lowest BCUT2D eigenvalue weighted by molar-refractivity contribution is 0.364. The van der Waals surface area contributed by atoms with Gasteiger partial charge in [-0.2, -0.15) is 0 Å². The molecule has 1 unspecified atom stereocenters. The van der Waals surface area contributed by atoms with Gasteiger partial charge in [0.1, 0.15) is 0 Å². The van der Waals surface area contributed by atoms with Crippen molar-refractivity contribution in [3.63, 3.8) is 0 Å². The van der Waals surface area contributed by atoms with Crippen molar-refractivity contribution in [3.8, 4) is 0 Å². The minimum absolute atomic E-state index is 0.477. The minimum Gasteiger partial charge on any atom is -0.240 e. The summed E-state index contributed by atoms with van der Waals surface area (Å²) in [6.07, 6.45) is -1.64. The fourth-order valence-corrected chi connectivity index (χ4v) is 0.0592. The van der Waals surface area contributed by atoms with Crippen molar-refractivity contribution in [2.45, 2.75) is 6.17 Å². The largest absolute Gasteiger partial charge is 0.240 e. The molecule has 0 amide bonds. The molecule has 3 heteroatoms. The Morgan fingerprint density at radius 3 is 2.14 bits per heavy atom. The van der Waals surface area contributed by atoms with Gasteiger partial charge in [0, 0.05) is 0 Å². The van der Waals surface area contributed by atoms with Crippen LogP contribution in [0.3, 0.4) is 0 Å². The fraction of sp³-hybridized carbons (Fsp3) is 0.250. The Labute approximate surface area is 39.6 Å². The van der Waals surface area contributed by atoms with E-state index in [-0.39, 0.29) is 0 Å². The minimum atomic E-state index is -2.12. The summed E-state index contributed by atoms with van der Waals surface area (Å²) in [5, 5.41) is 0. The molecule has 0 rings (SSSR count). The molecule has 0 heterocycles. The number of allylic oxidation sites excluding steroid dienone is 1. The van der Waals surface area contributed by atoms with E-state index in [0.717, 1.165) is 0 Å². The molecule has 40 valence electrons. The molecule has 0 nitrogen and oxygen atoms in total. The predicted octanol–water partition coefficient (Wildman–Crippen LogP) is 1.74. The maximum atomic E-state index is 11.3. The summed E-state index contributed by atoms with van der Waals surface area (Å²) < 4.78 is 33.2. The molecule has 0 fully saturated rings. The molecular weight excluding hydrogens is 105 g/mol. The molecule has 0 aliphatic rings. The Morgan fingerprint density at radius 1 is 1.71 bits per heavy atom. The summed E-state index contributed by atoms with van der Waals surface area (Å²) in [4.78, 5) is 0. The van der Waals surface area contributed by atoms with Crippen LogP contribution in [0.1, 0.15) is 0 Å². The van der Waals surface area contributed by atoms with Gasteiger partial charge < -0.3 is 0 Å². The first-order chi connectivity index (χ1) is 3.18. The molecule has 0 spiro atoms. The molecule has 0 aromatic carbocycles.